The molecule has 0 aliphatic rings. The van der Waals surface area contributed by atoms with Gasteiger partial charge in [0.1, 0.15) is 0 Å². The van der Waals surface area contributed by atoms with E-state index in [2.05, 4.69) is 45.0 Å². The molecule has 1 unspecified atom stereocenters. The first-order valence-electron chi connectivity index (χ1n) is 5.09. The van der Waals surface area contributed by atoms with Crippen molar-refractivity contribution >= 4 is 11.8 Å². The van der Waals surface area contributed by atoms with Crippen LogP contribution in [0.2, 0.25) is 0 Å². The largest absolute Gasteiger partial charge is 0.328 e. The Balaban J connectivity index is 2.80. The molecule has 0 amide bonds. The molecule has 2 N–H and O–H groups in total. The summed E-state index contributed by atoms with van der Waals surface area (Å²) >= 11 is 1.91. The molecule has 1 nitrogen and oxygen atoms in total. The number of rotatable bonds is 4. The molecule has 1 aromatic rings. The fourth-order valence-corrected chi connectivity index (χ4v) is 2.36. The van der Waals surface area contributed by atoms with Crippen LogP contribution in [0.15, 0.2) is 29.2 Å². The van der Waals surface area contributed by atoms with Gasteiger partial charge in [-0.05, 0) is 25.0 Å². The summed E-state index contributed by atoms with van der Waals surface area (Å²) in [6.07, 6.45) is 0.968. The van der Waals surface area contributed by atoms with Gasteiger partial charge in [0.25, 0.3) is 0 Å². The predicted molar refractivity (Wildman–Crippen MR) is 64.8 cm³/mol. The second-order valence-corrected chi connectivity index (χ2v) is 5.57. The summed E-state index contributed by atoms with van der Waals surface area (Å²) in [5.41, 5.74) is 7.19. The maximum Gasteiger partial charge on any atom is 0.0107 e. The number of hydrogen-bond donors (Lipinski definition) is 1. The number of thioether (sulfide) groups is 1. The monoisotopic (exact) mass is 209 g/mol. The second kappa shape index (κ2) is 5.42. The standard InChI is InChI=1S/C12H19NS/c1-9(2)14-12-7-5-4-6-11(12)8-10(3)13/h4-7,9-10H,8,13H2,1-3H3. The molecule has 0 aliphatic heterocycles. The van der Waals surface area contributed by atoms with E-state index in [1.54, 1.807) is 0 Å². The van der Waals surface area contributed by atoms with Crippen LogP contribution in [0.3, 0.4) is 0 Å². The van der Waals surface area contributed by atoms with Crippen LogP contribution in [-0.4, -0.2) is 11.3 Å². The third kappa shape index (κ3) is 3.72. The molecule has 0 saturated heterocycles. The van der Waals surface area contributed by atoms with Gasteiger partial charge in [-0.1, -0.05) is 32.0 Å². The Morgan fingerprint density at radius 3 is 2.43 bits per heavy atom. The van der Waals surface area contributed by atoms with E-state index in [9.17, 15) is 0 Å². The van der Waals surface area contributed by atoms with Crippen LogP contribution >= 0.6 is 11.8 Å². The average molecular weight is 209 g/mol. The van der Waals surface area contributed by atoms with Gasteiger partial charge in [0.05, 0.1) is 0 Å². The molecule has 0 saturated carbocycles. The zero-order valence-electron chi connectivity index (χ0n) is 9.16. The van der Waals surface area contributed by atoms with Gasteiger partial charge in [0, 0.05) is 16.2 Å². The first kappa shape index (κ1) is 11.6. The average Bonchev–Trinajstić information content (AvgIpc) is 2.06. The third-order valence-corrected chi connectivity index (χ3v) is 3.00. The predicted octanol–water partition coefficient (Wildman–Crippen LogP) is 3.08. The maximum atomic E-state index is 5.81. The number of hydrogen-bond acceptors (Lipinski definition) is 2. The minimum atomic E-state index is 0.240. The molecule has 1 atom stereocenters. The van der Waals surface area contributed by atoms with Crippen LogP contribution in [0.1, 0.15) is 26.3 Å². The molecule has 0 bridgehead atoms. The fraction of sp³-hybridized carbons (Fsp3) is 0.500. The van der Waals surface area contributed by atoms with Gasteiger partial charge < -0.3 is 5.73 Å². The van der Waals surface area contributed by atoms with Crippen LogP contribution in [0.4, 0.5) is 0 Å². The van der Waals surface area contributed by atoms with E-state index in [-0.39, 0.29) is 6.04 Å². The fourth-order valence-electron chi connectivity index (χ4n) is 1.39. The molecule has 0 spiro atoms. The lowest BCUT2D eigenvalue weighted by molar-refractivity contribution is 0.729. The Morgan fingerprint density at radius 2 is 1.86 bits per heavy atom. The van der Waals surface area contributed by atoms with Gasteiger partial charge in [-0.3, -0.25) is 0 Å². The van der Waals surface area contributed by atoms with Gasteiger partial charge in [-0.2, -0.15) is 0 Å². The molecule has 1 rings (SSSR count). The van der Waals surface area contributed by atoms with Crippen molar-refractivity contribution < 1.29 is 0 Å². The lowest BCUT2D eigenvalue weighted by atomic mass is 10.1. The maximum absolute atomic E-state index is 5.81. The first-order valence-corrected chi connectivity index (χ1v) is 5.97. The van der Waals surface area contributed by atoms with Crippen molar-refractivity contribution in [2.75, 3.05) is 0 Å². The van der Waals surface area contributed by atoms with E-state index >= 15 is 0 Å². The first-order chi connectivity index (χ1) is 6.59. The summed E-state index contributed by atoms with van der Waals surface area (Å²) < 4.78 is 0. The lowest BCUT2D eigenvalue weighted by Gasteiger charge is -2.12. The van der Waals surface area contributed by atoms with Gasteiger partial charge in [0.2, 0.25) is 0 Å². The van der Waals surface area contributed by atoms with Gasteiger partial charge in [-0.15, -0.1) is 11.8 Å². The van der Waals surface area contributed by atoms with Crippen molar-refractivity contribution in [2.24, 2.45) is 5.73 Å². The minimum absolute atomic E-state index is 0.240. The Hall–Kier alpha value is -0.470. The van der Waals surface area contributed by atoms with E-state index in [1.165, 1.54) is 10.5 Å². The Bertz CT molecular complexity index is 252. The second-order valence-electron chi connectivity index (χ2n) is 3.96. The van der Waals surface area contributed by atoms with Crippen LogP contribution in [0.25, 0.3) is 0 Å². The highest BCUT2D eigenvalue weighted by molar-refractivity contribution is 8.00. The third-order valence-electron chi connectivity index (χ3n) is 1.88. The highest BCUT2D eigenvalue weighted by Crippen LogP contribution is 2.26. The van der Waals surface area contributed by atoms with Crippen molar-refractivity contribution in [3.63, 3.8) is 0 Å². The van der Waals surface area contributed by atoms with E-state index in [1.807, 2.05) is 11.8 Å². The van der Waals surface area contributed by atoms with Crippen LogP contribution in [0.5, 0.6) is 0 Å². The summed E-state index contributed by atoms with van der Waals surface area (Å²) in [7, 11) is 0. The molecule has 1 aromatic carbocycles. The van der Waals surface area contributed by atoms with Gasteiger partial charge in [0.15, 0.2) is 0 Å². The summed E-state index contributed by atoms with van der Waals surface area (Å²) in [4.78, 5) is 1.37. The Labute approximate surface area is 91.1 Å². The van der Waals surface area contributed by atoms with E-state index in [4.69, 9.17) is 5.73 Å². The molecule has 14 heavy (non-hydrogen) atoms. The number of benzene rings is 1. The number of nitrogens with two attached hydrogens (primary N) is 1. The summed E-state index contributed by atoms with van der Waals surface area (Å²) in [5.74, 6) is 0. The topological polar surface area (TPSA) is 26.0 Å². The van der Waals surface area contributed by atoms with Crippen LogP contribution in [-0.2, 0) is 6.42 Å². The smallest absolute Gasteiger partial charge is 0.0107 e. The van der Waals surface area contributed by atoms with Crippen molar-refractivity contribution in [3.8, 4) is 0 Å². The zero-order chi connectivity index (χ0) is 10.6. The highest BCUT2D eigenvalue weighted by atomic mass is 32.2. The van der Waals surface area contributed by atoms with E-state index in [0.29, 0.717) is 5.25 Å². The van der Waals surface area contributed by atoms with Crippen molar-refractivity contribution in [1.82, 2.24) is 0 Å². The van der Waals surface area contributed by atoms with E-state index < -0.39 is 0 Å². The minimum Gasteiger partial charge on any atom is -0.328 e. The van der Waals surface area contributed by atoms with Gasteiger partial charge in [-0.25, -0.2) is 0 Å². The quantitative estimate of drug-likeness (QED) is 0.771. The summed E-state index contributed by atoms with van der Waals surface area (Å²) in [6, 6.07) is 8.78. The summed E-state index contributed by atoms with van der Waals surface area (Å²) in [6.45, 7) is 6.48. The molecule has 0 fully saturated rings. The molecule has 0 radical (unpaired) electrons. The van der Waals surface area contributed by atoms with Crippen LogP contribution in [0, 0.1) is 0 Å². The molecule has 0 heterocycles. The normalized spacial score (nSPS) is 13.2. The van der Waals surface area contributed by atoms with Crippen molar-refractivity contribution in [3.05, 3.63) is 29.8 Å². The molecule has 0 aliphatic carbocycles. The molecule has 78 valence electrons. The van der Waals surface area contributed by atoms with Crippen molar-refractivity contribution in [1.29, 1.82) is 0 Å². The lowest BCUT2D eigenvalue weighted by Crippen LogP contribution is -2.18. The molecule has 0 aromatic heterocycles. The van der Waals surface area contributed by atoms with Gasteiger partial charge >= 0.3 is 0 Å². The Morgan fingerprint density at radius 1 is 1.21 bits per heavy atom. The van der Waals surface area contributed by atoms with Crippen LogP contribution < -0.4 is 5.73 Å². The highest BCUT2D eigenvalue weighted by Gasteiger charge is 2.06. The SMILES string of the molecule is CC(N)Cc1ccccc1SC(C)C. The Kier molecular flexibility index (Phi) is 4.49. The molecule has 2 heteroatoms. The summed E-state index contributed by atoms with van der Waals surface area (Å²) in [5, 5.41) is 0.629. The van der Waals surface area contributed by atoms with Crippen molar-refractivity contribution in [2.45, 2.75) is 43.4 Å². The molecular formula is C12H19NS. The zero-order valence-corrected chi connectivity index (χ0v) is 9.97. The molecular weight excluding hydrogens is 190 g/mol. The van der Waals surface area contributed by atoms with E-state index in [0.717, 1.165) is 6.42 Å².